The molecule has 0 aliphatic rings. The van der Waals surface area contributed by atoms with Crippen LogP contribution in [0.5, 0.6) is 5.75 Å². The Morgan fingerprint density at radius 2 is 1.95 bits per heavy atom. The van der Waals surface area contributed by atoms with E-state index >= 15 is 0 Å². The average Bonchev–Trinajstić information content (AvgIpc) is 2.48. The molecule has 112 valence electrons. The van der Waals surface area contributed by atoms with Gasteiger partial charge in [0.15, 0.2) is 11.6 Å². The molecule has 0 bridgehead atoms. The molecule has 0 fully saturated rings. The van der Waals surface area contributed by atoms with Crippen molar-refractivity contribution in [1.82, 2.24) is 0 Å². The van der Waals surface area contributed by atoms with Crippen LogP contribution in [0.4, 0.5) is 4.39 Å². The maximum absolute atomic E-state index is 14.0. The average molecular weight is 306 g/mol. The molecule has 0 saturated heterocycles. The Hall–Kier alpha value is -1.52. The molecule has 0 heterocycles. The van der Waals surface area contributed by atoms with Crippen LogP contribution >= 0.6 is 11.8 Å². The van der Waals surface area contributed by atoms with Crippen molar-refractivity contribution in [1.29, 1.82) is 0 Å². The Labute approximate surface area is 129 Å². The van der Waals surface area contributed by atoms with Crippen LogP contribution in [0.1, 0.15) is 11.1 Å². The molecule has 2 rings (SSSR count). The van der Waals surface area contributed by atoms with Gasteiger partial charge in [-0.15, -0.1) is 11.8 Å². The Balaban J connectivity index is 1.96. The number of benzene rings is 2. The fourth-order valence-corrected chi connectivity index (χ4v) is 3.05. The summed E-state index contributed by atoms with van der Waals surface area (Å²) >= 11 is 1.59. The second kappa shape index (κ2) is 7.48. The zero-order valence-corrected chi connectivity index (χ0v) is 13.0. The van der Waals surface area contributed by atoms with Gasteiger partial charge in [-0.25, -0.2) is 4.39 Å². The highest BCUT2D eigenvalue weighted by Crippen LogP contribution is 2.25. The maximum atomic E-state index is 14.0. The Morgan fingerprint density at radius 3 is 2.67 bits per heavy atom. The number of hydrogen-bond acceptors (Lipinski definition) is 3. The first kappa shape index (κ1) is 15.9. The molecule has 0 aliphatic heterocycles. The van der Waals surface area contributed by atoms with Crippen molar-refractivity contribution in [3.05, 3.63) is 59.4 Å². The number of hydrogen-bond donors (Lipinski definition) is 1. The number of ether oxygens (including phenoxy) is 1. The molecule has 2 aromatic carbocycles. The lowest BCUT2D eigenvalue weighted by Gasteiger charge is -2.13. The van der Waals surface area contributed by atoms with E-state index in [0.717, 1.165) is 4.90 Å². The number of thioether (sulfide) groups is 1. The Kier molecular flexibility index (Phi) is 5.65. The van der Waals surface area contributed by atoms with Gasteiger partial charge in [-0.1, -0.05) is 30.3 Å². The van der Waals surface area contributed by atoms with Crippen LogP contribution in [0.2, 0.25) is 0 Å². The predicted molar refractivity (Wildman–Crippen MR) is 84.6 cm³/mol. The van der Waals surface area contributed by atoms with E-state index in [-0.39, 0.29) is 18.0 Å². The van der Waals surface area contributed by atoms with E-state index in [9.17, 15) is 9.50 Å². The first-order valence-electron chi connectivity index (χ1n) is 6.79. The summed E-state index contributed by atoms with van der Waals surface area (Å²) in [5, 5.41) is 10.1. The van der Waals surface area contributed by atoms with Crippen molar-refractivity contribution in [3.8, 4) is 5.75 Å². The Morgan fingerprint density at radius 1 is 1.19 bits per heavy atom. The molecule has 1 atom stereocenters. The molecule has 1 N–H and O–H groups in total. The van der Waals surface area contributed by atoms with E-state index in [4.69, 9.17) is 4.74 Å². The molecule has 0 saturated carbocycles. The third-order valence-corrected chi connectivity index (χ3v) is 4.56. The molecule has 0 amide bonds. The highest BCUT2D eigenvalue weighted by Gasteiger charge is 2.13. The molecule has 0 radical (unpaired) electrons. The second-order valence-electron chi connectivity index (χ2n) is 4.87. The summed E-state index contributed by atoms with van der Waals surface area (Å²) < 4.78 is 19.0. The quantitative estimate of drug-likeness (QED) is 0.822. The number of rotatable bonds is 6. The molecule has 2 nitrogen and oxygen atoms in total. The fourth-order valence-electron chi connectivity index (χ4n) is 2.09. The number of methoxy groups -OCH3 is 1. The minimum absolute atomic E-state index is 0.214. The molecular formula is C17H19FO2S. The topological polar surface area (TPSA) is 29.5 Å². The van der Waals surface area contributed by atoms with Gasteiger partial charge in [0.25, 0.3) is 0 Å². The maximum Gasteiger partial charge on any atom is 0.168 e. The van der Waals surface area contributed by atoms with Crippen molar-refractivity contribution in [3.63, 3.8) is 0 Å². The van der Waals surface area contributed by atoms with Crippen molar-refractivity contribution >= 4 is 11.8 Å². The molecule has 1 unspecified atom stereocenters. The van der Waals surface area contributed by atoms with E-state index < -0.39 is 6.10 Å². The van der Waals surface area contributed by atoms with Gasteiger partial charge in [0.05, 0.1) is 13.2 Å². The van der Waals surface area contributed by atoms with Gasteiger partial charge >= 0.3 is 0 Å². The number of aliphatic hydroxyl groups excluding tert-OH is 1. The van der Waals surface area contributed by atoms with Gasteiger partial charge in [-0.05, 0) is 30.2 Å². The first-order valence-corrected chi connectivity index (χ1v) is 7.78. The van der Waals surface area contributed by atoms with Gasteiger partial charge < -0.3 is 9.84 Å². The van der Waals surface area contributed by atoms with Gasteiger partial charge in [0.1, 0.15) is 0 Å². The fraction of sp³-hybridized carbons (Fsp3) is 0.294. The van der Waals surface area contributed by atoms with Crippen LogP contribution in [0.15, 0.2) is 47.4 Å². The normalized spacial score (nSPS) is 12.2. The second-order valence-corrected chi connectivity index (χ2v) is 5.93. The summed E-state index contributed by atoms with van der Waals surface area (Å²) in [5.41, 5.74) is 1.66. The summed E-state index contributed by atoms with van der Waals surface area (Å²) in [6.07, 6.45) is -0.321. The number of halogens is 1. The van der Waals surface area contributed by atoms with Crippen LogP contribution < -0.4 is 4.74 Å². The Bertz CT molecular complexity index is 601. The smallest absolute Gasteiger partial charge is 0.168 e. The molecule has 2 aromatic rings. The highest BCUT2D eigenvalue weighted by molar-refractivity contribution is 7.99. The van der Waals surface area contributed by atoms with E-state index in [0.29, 0.717) is 11.3 Å². The number of aliphatic hydroxyl groups is 1. The molecule has 0 spiro atoms. The summed E-state index contributed by atoms with van der Waals surface area (Å²) in [6, 6.07) is 13.0. The summed E-state index contributed by atoms with van der Waals surface area (Å²) in [6.45, 7) is 2.04. The van der Waals surface area contributed by atoms with E-state index in [2.05, 4.69) is 0 Å². The van der Waals surface area contributed by atoms with Gasteiger partial charge in [-0.3, -0.25) is 0 Å². The van der Waals surface area contributed by atoms with Crippen LogP contribution in [0.3, 0.4) is 0 Å². The molecule has 0 aromatic heterocycles. The zero-order chi connectivity index (χ0) is 15.2. The predicted octanol–water partition coefficient (Wildman–Crippen LogP) is 3.84. The highest BCUT2D eigenvalue weighted by atomic mass is 32.2. The first-order chi connectivity index (χ1) is 10.1. The van der Waals surface area contributed by atoms with Crippen LogP contribution in [-0.4, -0.2) is 24.1 Å². The van der Waals surface area contributed by atoms with E-state index in [1.54, 1.807) is 30.0 Å². The summed E-state index contributed by atoms with van der Waals surface area (Å²) in [4.78, 5) is 1.14. The summed E-state index contributed by atoms with van der Waals surface area (Å²) in [5.74, 6) is 0.354. The third-order valence-electron chi connectivity index (χ3n) is 3.24. The standard InChI is InChI=1S/C17H19FO2S/c1-12-6-3-4-9-16(12)21-11-14(19)10-13-7-5-8-15(20-2)17(13)18/h3-9,14,19H,10-11H2,1-2H3. The van der Waals surface area contributed by atoms with Gasteiger partial charge in [0.2, 0.25) is 0 Å². The third kappa shape index (κ3) is 4.22. The van der Waals surface area contributed by atoms with Crippen LogP contribution in [0.25, 0.3) is 0 Å². The number of aryl methyl sites for hydroxylation is 1. The van der Waals surface area contributed by atoms with E-state index in [1.165, 1.54) is 12.7 Å². The van der Waals surface area contributed by atoms with Gasteiger partial charge in [-0.2, -0.15) is 0 Å². The SMILES string of the molecule is COc1cccc(CC(O)CSc2ccccc2C)c1F. The lowest BCUT2D eigenvalue weighted by Crippen LogP contribution is -2.14. The van der Waals surface area contributed by atoms with Crippen molar-refractivity contribution < 1.29 is 14.2 Å². The molecule has 4 heteroatoms. The molecule has 0 aliphatic carbocycles. The lowest BCUT2D eigenvalue weighted by molar-refractivity contribution is 0.198. The van der Waals surface area contributed by atoms with Gasteiger partial charge in [0, 0.05) is 17.1 Å². The lowest BCUT2D eigenvalue weighted by atomic mass is 10.1. The van der Waals surface area contributed by atoms with E-state index in [1.807, 2.05) is 31.2 Å². The van der Waals surface area contributed by atoms with Crippen molar-refractivity contribution in [2.24, 2.45) is 0 Å². The monoisotopic (exact) mass is 306 g/mol. The summed E-state index contributed by atoms with van der Waals surface area (Å²) in [7, 11) is 1.44. The molecular weight excluding hydrogens is 287 g/mol. The van der Waals surface area contributed by atoms with Crippen LogP contribution in [0, 0.1) is 12.7 Å². The molecule has 21 heavy (non-hydrogen) atoms. The van der Waals surface area contributed by atoms with Crippen molar-refractivity contribution in [2.75, 3.05) is 12.9 Å². The minimum Gasteiger partial charge on any atom is -0.494 e. The zero-order valence-electron chi connectivity index (χ0n) is 12.2. The minimum atomic E-state index is -0.601. The van der Waals surface area contributed by atoms with Crippen molar-refractivity contribution in [2.45, 2.75) is 24.3 Å². The van der Waals surface area contributed by atoms with Crippen LogP contribution in [-0.2, 0) is 6.42 Å². The largest absolute Gasteiger partial charge is 0.494 e.